The monoisotopic (exact) mass is 471 g/mol. The van der Waals surface area contributed by atoms with Crippen molar-refractivity contribution in [2.75, 3.05) is 25.0 Å². The summed E-state index contributed by atoms with van der Waals surface area (Å²) in [5.41, 5.74) is 7.66. The zero-order valence-electron chi connectivity index (χ0n) is 17.6. The highest BCUT2D eigenvalue weighted by Crippen LogP contribution is 2.45. The molecule has 3 N–H and O–H groups in total. The SMILES string of the molecule is COc1ccccc1S(=O)(=O)Nc1noc2cc(Cn3cc(CN)cn3)c3c(c12)OCCO3. The van der Waals surface area contributed by atoms with Crippen molar-refractivity contribution in [1.82, 2.24) is 14.9 Å². The number of ether oxygens (including phenoxy) is 3. The summed E-state index contributed by atoms with van der Waals surface area (Å²) in [6.07, 6.45) is 3.54. The molecule has 172 valence electrons. The van der Waals surface area contributed by atoms with E-state index in [-0.39, 0.29) is 16.5 Å². The van der Waals surface area contributed by atoms with Gasteiger partial charge >= 0.3 is 0 Å². The van der Waals surface area contributed by atoms with E-state index in [1.165, 1.54) is 13.2 Å². The van der Waals surface area contributed by atoms with Crippen LogP contribution in [0.15, 0.2) is 52.1 Å². The maximum atomic E-state index is 13.1. The van der Waals surface area contributed by atoms with Crippen LogP contribution in [-0.4, -0.2) is 43.7 Å². The van der Waals surface area contributed by atoms with Gasteiger partial charge in [-0.2, -0.15) is 5.10 Å². The van der Waals surface area contributed by atoms with Crippen LogP contribution in [0.5, 0.6) is 17.2 Å². The highest BCUT2D eigenvalue weighted by atomic mass is 32.2. The van der Waals surface area contributed by atoms with Gasteiger partial charge < -0.3 is 24.5 Å². The van der Waals surface area contributed by atoms with E-state index in [2.05, 4.69) is 15.0 Å². The summed E-state index contributed by atoms with van der Waals surface area (Å²) in [6, 6.07) is 8.03. The minimum atomic E-state index is -4.02. The van der Waals surface area contributed by atoms with Crippen LogP contribution in [0.4, 0.5) is 5.82 Å². The van der Waals surface area contributed by atoms with Gasteiger partial charge in [-0.1, -0.05) is 17.3 Å². The molecule has 0 unspecified atom stereocenters. The van der Waals surface area contributed by atoms with Crippen molar-refractivity contribution >= 4 is 26.8 Å². The lowest BCUT2D eigenvalue weighted by Gasteiger charge is -2.22. The molecule has 0 spiro atoms. The molecule has 5 rings (SSSR count). The van der Waals surface area contributed by atoms with Crippen molar-refractivity contribution in [2.24, 2.45) is 5.73 Å². The number of hydrogen-bond acceptors (Lipinski definition) is 9. The first kappa shape index (κ1) is 21.1. The Bertz CT molecular complexity index is 1430. The van der Waals surface area contributed by atoms with Crippen LogP contribution in [0.1, 0.15) is 11.1 Å². The van der Waals surface area contributed by atoms with E-state index in [1.807, 2.05) is 6.20 Å². The van der Waals surface area contributed by atoms with Crippen molar-refractivity contribution in [1.29, 1.82) is 0 Å². The molecule has 2 aromatic carbocycles. The average molecular weight is 471 g/mol. The topological polar surface area (TPSA) is 144 Å². The van der Waals surface area contributed by atoms with Gasteiger partial charge in [0.05, 0.1) is 19.9 Å². The zero-order valence-corrected chi connectivity index (χ0v) is 18.5. The molecular formula is C21H21N5O6S. The number of sulfonamides is 1. The molecule has 11 nitrogen and oxygen atoms in total. The molecule has 0 aliphatic carbocycles. The molecule has 0 fully saturated rings. The summed E-state index contributed by atoms with van der Waals surface area (Å²) in [7, 11) is -2.62. The number of rotatable bonds is 7. The second-order valence-electron chi connectivity index (χ2n) is 7.30. The number of hydrogen-bond donors (Lipinski definition) is 2. The Labute approximate surface area is 189 Å². The predicted octanol–water partition coefficient (Wildman–Crippen LogP) is 2.11. The smallest absolute Gasteiger partial charge is 0.266 e. The maximum Gasteiger partial charge on any atom is 0.266 e. The number of anilines is 1. The number of fused-ring (bicyclic) bond motifs is 3. The first-order valence-corrected chi connectivity index (χ1v) is 11.6. The summed E-state index contributed by atoms with van der Waals surface area (Å²) in [6.45, 7) is 1.42. The Hall–Kier alpha value is -3.77. The number of para-hydroxylation sites is 1. The van der Waals surface area contributed by atoms with Crippen LogP contribution in [0.25, 0.3) is 11.0 Å². The highest BCUT2D eigenvalue weighted by Gasteiger charge is 2.28. The summed E-state index contributed by atoms with van der Waals surface area (Å²) in [4.78, 5) is -0.0271. The normalized spacial score (nSPS) is 13.3. The molecule has 1 aliphatic rings. The molecule has 0 atom stereocenters. The van der Waals surface area contributed by atoms with Gasteiger partial charge in [-0.25, -0.2) is 8.42 Å². The van der Waals surface area contributed by atoms with Crippen molar-refractivity contribution in [3.05, 3.63) is 53.9 Å². The first-order chi connectivity index (χ1) is 16.0. The van der Waals surface area contributed by atoms with Crippen molar-refractivity contribution < 1.29 is 27.2 Å². The molecule has 2 aromatic heterocycles. The number of benzene rings is 2. The van der Waals surface area contributed by atoms with Crippen LogP contribution in [0.2, 0.25) is 0 Å². The molecule has 0 radical (unpaired) electrons. The largest absolute Gasteiger partial charge is 0.495 e. The van der Waals surface area contributed by atoms with Crippen molar-refractivity contribution in [3.63, 3.8) is 0 Å². The lowest BCUT2D eigenvalue weighted by atomic mass is 10.1. The van der Waals surface area contributed by atoms with Crippen LogP contribution >= 0.6 is 0 Å². The lowest BCUT2D eigenvalue weighted by Crippen LogP contribution is -2.18. The number of methoxy groups -OCH3 is 1. The number of aromatic nitrogens is 3. The summed E-state index contributed by atoms with van der Waals surface area (Å²) < 4.78 is 52.7. The highest BCUT2D eigenvalue weighted by molar-refractivity contribution is 7.92. The molecular weight excluding hydrogens is 450 g/mol. The fraction of sp³-hybridized carbons (Fsp3) is 0.238. The number of nitrogens with zero attached hydrogens (tertiary/aromatic N) is 3. The van der Waals surface area contributed by atoms with E-state index in [1.54, 1.807) is 35.1 Å². The third-order valence-corrected chi connectivity index (χ3v) is 6.55. The molecule has 0 bridgehead atoms. The number of nitrogens with one attached hydrogen (secondary N) is 1. The van der Waals surface area contributed by atoms with E-state index in [9.17, 15) is 8.42 Å². The third kappa shape index (κ3) is 3.83. The summed E-state index contributed by atoms with van der Waals surface area (Å²) in [5.74, 6) is 1.05. The fourth-order valence-corrected chi connectivity index (χ4v) is 4.85. The lowest BCUT2D eigenvalue weighted by molar-refractivity contribution is 0.172. The van der Waals surface area contributed by atoms with E-state index < -0.39 is 10.0 Å². The Morgan fingerprint density at radius 1 is 1.21 bits per heavy atom. The van der Waals surface area contributed by atoms with Crippen LogP contribution < -0.4 is 24.7 Å². The van der Waals surface area contributed by atoms with Gasteiger partial charge in [0.25, 0.3) is 10.0 Å². The van der Waals surface area contributed by atoms with Crippen LogP contribution in [0.3, 0.4) is 0 Å². The van der Waals surface area contributed by atoms with Gasteiger partial charge in [0.1, 0.15) is 29.2 Å². The molecule has 1 aliphatic heterocycles. The first-order valence-electron chi connectivity index (χ1n) is 10.1. The standard InChI is InChI=1S/C21H21N5O6S/c1-29-15-4-2-3-5-17(15)33(27,28)25-21-18-16(32-24-21)8-14(19-20(18)31-7-6-30-19)12-26-11-13(9-22)10-23-26/h2-5,8,10-11H,6-7,9,12,22H2,1H3,(H,24,25). The van der Waals surface area contributed by atoms with Gasteiger partial charge in [0.2, 0.25) is 0 Å². The summed E-state index contributed by atoms with van der Waals surface area (Å²) >= 11 is 0. The van der Waals surface area contributed by atoms with Crippen LogP contribution in [-0.2, 0) is 23.1 Å². The second-order valence-corrected chi connectivity index (χ2v) is 8.95. The van der Waals surface area contributed by atoms with Crippen LogP contribution in [0, 0.1) is 0 Å². The quantitative estimate of drug-likeness (QED) is 0.414. The Balaban J connectivity index is 1.57. The van der Waals surface area contributed by atoms with Gasteiger partial charge in [-0.15, -0.1) is 0 Å². The van der Waals surface area contributed by atoms with Gasteiger partial charge in [0.15, 0.2) is 22.9 Å². The van der Waals surface area contributed by atoms with E-state index in [4.69, 9.17) is 24.5 Å². The minimum Gasteiger partial charge on any atom is -0.495 e. The minimum absolute atomic E-state index is 0.00582. The van der Waals surface area contributed by atoms with Gasteiger partial charge in [-0.05, 0) is 18.2 Å². The van der Waals surface area contributed by atoms with Crippen molar-refractivity contribution in [2.45, 2.75) is 18.0 Å². The molecule has 0 saturated heterocycles. The average Bonchev–Trinajstić information content (AvgIpc) is 3.45. The van der Waals surface area contributed by atoms with Gasteiger partial charge in [0, 0.05) is 23.9 Å². The predicted molar refractivity (Wildman–Crippen MR) is 118 cm³/mol. The Morgan fingerprint density at radius 3 is 2.76 bits per heavy atom. The Kier molecular flexibility index (Phi) is 5.30. The van der Waals surface area contributed by atoms with Gasteiger partial charge in [-0.3, -0.25) is 9.40 Å². The molecule has 0 amide bonds. The summed E-state index contributed by atoms with van der Waals surface area (Å²) in [5, 5.41) is 8.63. The Morgan fingerprint density at radius 2 is 2.00 bits per heavy atom. The second kappa shape index (κ2) is 8.30. The molecule has 0 saturated carbocycles. The fourth-order valence-electron chi connectivity index (χ4n) is 3.67. The molecule has 4 aromatic rings. The molecule has 3 heterocycles. The molecule has 33 heavy (non-hydrogen) atoms. The number of nitrogens with two attached hydrogens (primary N) is 1. The van der Waals surface area contributed by atoms with E-state index in [0.29, 0.717) is 48.8 Å². The van der Waals surface area contributed by atoms with Crippen molar-refractivity contribution in [3.8, 4) is 17.2 Å². The van der Waals surface area contributed by atoms with E-state index in [0.717, 1.165) is 11.1 Å². The maximum absolute atomic E-state index is 13.1. The molecule has 12 heteroatoms. The third-order valence-electron chi connectivity index (χ3n) is 5.17. The zero-order chi connectivity index (χ0) is 23.0. The van der Waals surface area contributed by atoms with E-state index >= 15 is 0 Å².